The Kier molecular flexibility index (Phi) is 12.4. The summed E-state index contributed by atoms with van der Waals surface area (Å²) in [4.78, 5) is 10.7. The largest absolute Gasteiger partial charge is 0.358 e. The molecule has 4 rings (SSSR count). The molecule has 0 spiro atoms. The number of rotatable bonds is 0. The van der Waals surface area contributed by atoms with Gasteiger partial charge in [-0.05, 0) is 69.5 Å². The molecule has 160 valence electrons. The number of aromatic nitrogens is 3. The number of aryl methyl sites for hydroxylation is 5. The van der Waals surface area contributed by atoms with Crippen molar-refractivity contribution in [2.75, 3.05) is 0 Å². The quantitative estimate of drug-likeness (QED) is 0.308. The average Bonchev–Trinajstić information content (AvgIpc) is 3.26. The Balaban J connectivity index is 0.000000432. The maximum absolute atomic E-state index is 4.25. The van der Waals surface area contributed by atoms with Crippen LogP contribution >= 0.6 is 0 Å². The number of H-pyrrole nitrogens is 2. The van der Waals surface area contributed by atoms with Crippen LogP contribution in [-0.2, 0) is 0 Å². The van der Waals surface area contributed by atoms with Crippen molar-refractivity contribution in [3.63, 3.8) is 0 Å². The van der Waals surface area contributed by atoms with E-state index in [0.29, 0.717) is 0 Å². The standard InChI is InChI=1S/C11H13N.C9H10N2.3C2H6/c1-7-4-5-11-10(6-7)8(2)9(3)12-11;1-6-3-8-7(2)5-11-9(8)10-4-6;3*1-2/h4-6,12H,1-3H3;3-5H,1-2H3,(H,10,11);3*1-2H3. The molecule has 0 saturated heterocycles. The third-order valence-electron chi connectivity index (χ3n) is 4.34. The zero-order chi connectivity index (χ0) is 22.6. The van der Waals surface area contributed by atoms with Crippen LogP contribution in [0, 0.1) is 34.6 Å². The van der Waals surface area contributed by atoms with E-state index in [4.69, 9.17) is 0 Å². The molecular formula is C26H41N3. The van der Waals surface area contributed by atoms with Crippen LogP contribution in [0.3, 0.4) is 0 Å². The summed E-state index contributed by atoms with van der Waals surface area (Å²) in [7, 11) is 0. The Bertz CT molecular complexity index is 974. The minimum absolute atomic E-state index is 0.980. The topological polar surface area (TPSA) is 44.5 Å². The van der Waals surface area contributed by atoms with E-state index in [9.17, 15) is 0 Å². The second-order valence-electron chi connectivity index (χ2n) is 6.30. The Labute approximate surface area is 178 Å². The zero-order valence-corrected chi connectivity index (χ0v) is 20.4. The van der Waals surface area contributed by atoms with Gasteiger partial charge in [0.1, 0.15) is 5.65 Å². The monoisotopic (exact) mass is 395 g/mol. The summed E-state index contributed by atoms with van der Waals surface area (Å²) in [5, 5.41) is 2.58. The highest BCUT2D eigenvalue weighted by Gasteiger charge is 2.02. The second-order valence-corrected chi connectivity index (χ2v) is 6.30. The first-order valence-electron chi connectivity index (χ1n) is 10.9. The summed E-state index contributed by atoms with van der Waals surface area (Å²) in [5.74, 6) is 0. The molecule has 0 aliphatic heterocycles. The molecule has 0 radical (unpaired) electrons. The van der Waals surface area contributed by atoms with Crippen molar-refractivity contribution in [2.24, 2.45) is 0 Å². The molecule has 3 heteroatoms. The molecule has 0 bridgehead atoms. The highest BCUT2D eigenvalue weighted by atomic mass is 14.8. The minimum atomic E-state index is 0.980. The number of aromatic amines is 2. The number of pyridine rings is 1. The van der Waals surface area contributed by atoms with Gasteiger partial charge in [-0.2, -0.15) is 0 Å². The fourth-order valence-electron chi connectivity index (χ4n) is 2.81. The predicted octanol–water partition coefficient (Wildman–Crippen LogP) is 8.35. The van der Waals surface area contributed by atoms with E-state index >= 15 is 0 Å². The molecule has 3 heterocycles. The molecule has 29 heavy (non-hydrogen) atoms. The first-order chi connectivity index (χ1) is 14.0. The van der Waals surface area contributed by atoms with Gasteiger partial charge >= 0.3 is 0 Å². The number of hydrogen-bond acceptors (Lipinski definition) is 1. The molecular weight excluding hydrogens is 354 g/mol. The van der Waals surface area contributed by atoms with Crippen molar-refractivity contribution >= 4 is 21.9 Å². The Morgan fingerprint density at radius 1 is 0.724 bits per heavy atom. The molecule has 3 nitrogen and oxygen atoms in total. The van der Waals surface area contributed by atoms with Gasteiger partial charge in [0.2, 0.25) is 0 Å². The third-order valence-corrected chi connectivity index (χ3v) is 4.34. The van der Waals surface area contributed by atoms with Crippen molar-refractivity contribution in [1.29, 1.82) is 0 Å². The Morgan fingerprint density at radius 3 is 1.93 bits per heavy atom. The number of fused-ring (bicyclic) bond motifs is 2. The second kappa shape index (κ2) is 13.6. The SMILES string of the molecule is CC.CC.CC.Cc1ccc2[nH]c(C)c(C)c2c1.Cc1cnc2[nH]cc(C)c2c1. The van der Waals surface area contributed by atoms with Crippen LogP contribution in [0.25, 0.3) is 21.9 Å². The van der Waals surface area contributed by atoms with Gasteiger partial charge in [-0.1, -0.05) is 53.2 Å². The third kappa shape index (κ3) is 7.08. The fraction of sp³-hybridized carbons (Fsp3) is 0.423. The van der Waals surface area contributed by atoms with Crippen LogP contribution in [-0.4, -0.2) is 15.0 Å². The molecule has 1 aromatic carbocycles. The average molecular weight is 396 g/mol. The molecule has 0 fully saturated rings. The summed E-state index contributed by atoms with van der Waals surface area (Å²) >= 11 is 0. The molecule has 0 saturated carbocycles. The number of benzene rings is 1. The smallest absolute Gasteiger partial charge is 0.137 e. The lowest BCUT2D eigenvalue weighted by Crippen LogP contribution is -1.78. The van der Waals surface area contributed by atoms with Crippen LogP contribution in [0.15, 0.2) is 36.7 Å². The van der Waals surface area contributed by atoms with Crippen molar-refractivity contribution < 1.29 is 0 Å². The van der Waals surface area contributed by atoms with E-state index in [1.807, 2.05) is 53.9 Å². The zero-order valence-electron chi connectivity index (χ0n) is 20.4. The lowest BCUT2D eigenvalue weighted by molar-refractivity contribution is 1.25. The highest BCUT2D eigenvalue weighted by Crippen LogP contribution is 2.21. The molecule has 0 unspecified atom stereocenters. The minimum Gasteiger partial charge on any atom is -0.358 e. The molecule has 0 amide bonds. The van der Waals surface area contributed by atoms with Crippen LogP contribution in [0.1, 0.15) is 69.5 Å². The highest BCUT2D eigenvalue weighted by molar-refractivity contribution is 5.84. The van der Waals surface area contributed by atoms with Crippen molar-refractivity contribution in [2.45, 2.75) is 76.2 Å². The molecule has 2 N–H and O–H groups in total. The first kappa shape index (κ1) is 26.4. The van der Waals surface area contributed by atoms with Gasteiger partial charge in [0.25, 0.3) is 0 Å². The van der Waals surface area contributed by atoms with Gasteiger partial charge in [0.15, 0.2) is 0 Å². The summed E-state index contributed by atoms with van der Waals surface area (Å²) < 4.78 is 0. The van der Waals surface area contributed by atoms with E-state index in [0.717, 1.165) is 5.65 Å². The van der Waals surface area contributed by atoms with Gasteiger partial charge in [0, 0.05) is 34.4 Å². The lowest BCUT2D eigenvalue weighted by atomic mass is 10.1. The molecule has 0 aliphatic rings. The Morgan fingerprint density at radius 2 is 1.31 bits per heavy atom. The van der Waals surface area contributed by atoms with Crippen molar-refractivity contribution in [3.05, 3.63) is 64.6 Å². The first-order valence-corrected chi connectivity index (χ1v) is 10.9. The lowest BCUT2D eigenvalue weighted by Gasteiger charge is -1.93. The van der Waals surface area contributed by atoms with Crippen molar-refractivity contribution in [1.82, 2.24) is 15.0 Å². The summed E-state index contributed by atoms with van der Waals surface area (Å²) in [5.41, 5.74) is 8.66. The van der Waals surface area contributed by atoms with Crippen LogP contribution in [0.5, 0.6) is 0 Å². The van der Waals surface area contributed by atoms with Gasteiger partial charge < -0.3 is 9.97 Å². The maximum Gasteiger partial charge on any atom is 0.137 e. The summed E-state index contributed by atoms with van der Waals surface area (Å²) in [6.07, 6.45) is 3.86. The van der Waals surface area contributed by atoms with E-state index in [-0.39, 0.29) is 0 Å². The number of nitrogens with one attached hydrogen (secondary N) is 2. The molecule has 4 aromatic rings. The molecule has 0 atom stereocenters. The Hall–Kier alpha value is -2.55. The summed E-state index contributed by atoms with van der Waals surface area (Å²) in [6.45, 7) is 22.5. The number of nitrogens with zero attached hydrogens (tertiary/aromatic N) is 1. The van der Waals surface area contributed by atoms with Gasteiger partial charge in [0.05, 0.1) is 0 Å². The van der Waals surface area contributed by atoms with Crippen LogP contribution < -0.4 is 0 Å². The van der Waals surface area contributed by atoms with E-state index in [2.05, 4.69) is 73.8 Å². The van der Waals surface area contributed by atoms with E-state index in [1.165, 1.54) is 44.2 Å². The predicted molar refractivity (Wildman–Crippen MR) is 132 cm³/mol. The molecule has 3 aromatic heterocycles. The molecule has 0 aliphatic carbocycles. The van der Waals surface area contributed by atoms with E-state index in [1.54, 1.807) is 0 Å². The summed E-state index contributed by atoms with van der Waals surface area (Å²) in [6, 6.07) is 8.66. The van der Waals surface area contributed by atoms with Crippen molar-refractivity contribution in [3.8, 4) is 0 Å². The normalized spacial score (nSPS) is 9.21. The number of hydrogen-bond donors (Lipinski definition) is 2. The van der Waals surface area contributed by atoms with Gasteiger partial charge in [-0.15, -0.1) is 0 Å². The maximum atomic E-state index is 4.25. The fourth-order valence-corrected chi connectivity index (χ4v) is 2.81. The van der Waals surface area contributed by atoms with Gasteiger partial charge in [-0.25, -0.2) is 4.98 Å². The van der Waals surface area contributed by atoms with Crippen LogP contribution in [0.4, 0.5) is 0 Å². The van der Waals surface area contributed by atoms with Gasteiger partial charge in [-0.3, -0.25) is 0 Å². The van der Waals surface area contributed by atoms with Crippen LogP contribution in [0.2, 0.25) is 0 Å². The van der Waals surface area contributed by atoms with E-state index < -0.39 is 0 Å².